The molecule has 2 aromatic rings. The molecule has 0 amide bonds. The van der Waals surface area contributed by atoms with E-state index in [9.17, 15) is 5.11 Å². The van der Waals surface area contributed by atoms with Crippen LogP contribution < -0.4 is 5.49 Å². The van der Waals surface area contributed by atoms with E-state index in [2.05, 4.69) is 21.9 Å². The molecular weight excluding hydrogens is 406 g/mol. The van der Waals surface area contributed by atoms with Gasteiger partial charge in [-0.1, -0.05) is 90.4 Å². The molecule has 31 heavy (non-hydrogen) atoms. The lowest BCUT2D eigenvalue weighted by molar-refractivity contribution is 0.0998. The molecule has 0 saturated carbocycles. The number of unbranched alkanes of at least 4 members (excludes halogenated alkanes) is 13. The van der Waals surface area contributed by atoms with Crippen LogP contribution in [0.2, 0.25) is 0 Å². The van der Waals surface area contributed by atoms with Crippen molar-refractivity contribution < 1.29 is 5.11 Å². The molecule has 176 valence electrons. The fraction of sp³-hybridized carbons (Fsp3) is 0.792. The Labute approximate surface area is 192 Å². The van der Waals surface area contributed by atoms with Gasteiger partial charge in [-0.25, -0.2) is 9.97 Å². The van der Waals surface area contributed by atoms with Gasteiger partial charge in [0.2, 0.25) is 0 Å². The molecule has 0 fully saturated rings. The van der Waals surface area contributed by atoms with Crippen molar-refractivity contribution in [2.24, 2.45) is 0 Å². The van der Waals surface area contributed by atoms with E-state index < -0.39 is 6.23 Å². The van der Waals surface area contributed by atoms with E-state index in [4.69, 9.17) is 5.41 Å². The lowest BCUT2D eigenvalue weighted by Gasteiger charge is -2.21. The maximum Gasteiger partial charge on any atom is 0.182 e. The molecule has 0 radical (unpaired) electrons. The molecule has 0 aliphatic heterocycles. The first-order valence-electron chi connectivity index (χ1n) is 12.4. The van der Waals surface area contributed by atoms with Crippen LogP contribution in [0.15, 0.2) is 12.7 Å². The molecule has 0 saturated heterocycles. The predicted molar refractivity (Wildman–Crippen MR) is 131 cm³/mol. The van der Waals surface area contributed by atoms with Crippen molar-refractivity contribution in [1.29, 1.82) is 5.41 Å². The van der Waals surface area contributed by atoms with Crippen LogP contribution in [0.1, 0.15) is 110 Å². The van der Waals surface area contributed by atoms with Gasteiger partial charge >= 0.3 is 0 Å². The molecule has 2 heterocycles. The van der Waals surface area contributed by atoms with Crippen LogP contribution in [0.5, 0.6) is 0 Å². The first kappa shape index (κ1) is 25.9. The van der Waals surface area contributed by atoms with E-state index in [1.165, 1.54) is 107 Å². The smallest absolute Gasteiger partial charge is 0.182 e. The number of fused-ring (bicyclic) bond motifs is 1. The minimum absolute atomic E-state index is 0.0123. The monoisotopic (exact) mass is 449 g/mol. The SMILES string of the molecule is CCCCCCCCCCCCCCCCSC(C)C(O)n1cnc2nc[nH]c2c1=N. The third-order valence-electron chi connectivity index (χ3n) is 6.00. The van der Waals surface area contributed by atoms with Gasteiger partial charge in [-0.3, -0.25) is 9.98 Å². The Morgan fingerprint density at radius 2 is 1.48 bits per heavy atom. The summed E-state index contributed by atoms with van der Waals surface area (Å²) in [6.45, 7) is 4.29. The lowest BCUT2D eigenvalue weighted by atomic mass is 10.0. The Morgan fingerprint density at radius 1 is 0.935 bits per heavy atom. The average Bonchev–Trinajstić information content (AvgIpc) is 3.26. The molecule has 2 unspecified atom stereocenters. The number of aromatic amines is 1. The summed E-state index contributed by atoms with van der Waals surface area (Å²) < 4.78 is 1.52. The highest BCUT2D eigenvalue weighted by Gasteiger charge is 2.18. The standard InChI is InChI=1S/C24H43N5OS/c1-3-4-5-6-7-8-9-10-11-12-13-14-15-16-17-31-20(2)24(30)29-19-28-23-21(22(29)25)26-18-27-23/h18-20,24-25,30H,3-17H2,1-2H3,(H,26,27). The second-order valence-electron chi connectivity index (χ2n) is 8.69. The van der Waals surface area contributed by atoms with Gasteiger partial charge in [-0.15, -0.1) is 0 Å². The van der Waals surface area contributed by atoms with Crippen LogP contribution in [0.4, 0.5) is 0 Å². The Morgan fingerprint density at radius 3 is 2.06 bits per heavy atom. The second-order valence-corrected chi connectivity index (χ2v) is 10.2. The molecule has 0 aliphatic rings. The zero-order valence-electron chi connectivity index (χ0n) is 19.6. The molecule has 2 atom stereocenters. The van der Waals surface area contributed by atoms with Crippen molar-refractivity contribution in [1.82, 2.24) is 19.5 Å². The first-order chi connectivity index (χ1) is 15.1. The van der Waals surface area contributed by atoms with Crippen LogP contribution in [-0.4, -0.2) is 35.6 Å². The van der Waals surface area contributed by atoms with Crippen LogP contribution >= 0.6 is 11.8 Å². The lowest BCUT2D eigenvalue weighted by Crippen LogP contribution is -2.30. The molecule has 6 nitrogen and oxygen atoms in total. The largest absolute Gasteiger partial charge is 0.372 e. The van der Waals surface area contributed by atoms with Crippen molar-refractivity contribution in [3.8, 4) is 0 Å². The van der Waals surface area contributed by atoms with Crippen LogP contribution in [0.25, 0.3) is 11.2 Å². The van der Waals surface area contributed by atoms with E-state index in [0.717, 1.165) is 5.75 Å². The van der Waals surface area contributed by atoms with Gasteiger partial charge in [0.1, 0.15) is 18.1 Å². The Balaban J connectivity index is 1.46. The van der Waals surface area contributed by atoms with E-state index in [1.54, 1.807) is 11.8 Å². The number of aliphatic hydroxyl groups excluding tert-OH is 1. The van der Waals surface area contributed by atoms with Crippen molar-refractivity contribution in [3.05, 3.63) is 18.1 Å². The number of hydrogen-bond donors (Lipinski definition) is 3. The van der Waals surface area contributed by atoms with E-state index in [0.29, 0.717) is 11.2 Å². The third kappa shape index (κ3) is 9.36. The zero-order chi connectivity index (χ0) is 22.3. The molecule has 7 heteroatoms. The second kappa shape index (κ2) is 15.5. The zero-order valence-corrected chi connectivity index (χ0v) is 20.4. The number of nitrogens with one attached hydrogen (secondary N) is 2. The summed E-state index contributed by atoms with van der Waals surface area (Å²) in [4.78, 5) is 11.2. The summed E-state index contributed by atoms with van der Waals surface area (Å²) in [5.74, 6) is 1.05. The first-order valence-corrected chi connectivity index (χ1v) is 13.4. The van der Waals surface area contributed by atoms with Gasteiger partial charge in [0, 0.05) is 5.25 Å². The van der Waals surface area contributed by atoms with Crippen LogP contribution in [0, 0.1) is 5.41 Å². The Hall–Kier alpha value is -1.34. The maximum absolute atomic E-state index is 10.6. The topological polar surface area (TPSA) is 90.6 Å². The quantitative estimate of drug-likeness (QED) is 0.232. The number of hydrogen-bond acceptors (Lipinski definition) is 5. The molecule has 0 aromatic carbocycles. The molecule has 0 aliphatic carbocycles. The van der Waals surface area contributed by atoms with Crippen LogP contribution in [-0.2, 0) is 0 Å². The van der Waals surface area contributed by atoms with E-state index in [-0.39, 0.29) is 10.7 Å². The van der Waals surface area contributed by atoms with Gasteiger partial charge in [0.05, 0.1) is 6.33 Å². The molecule has 2 aromatic heterocycles. The van der Waals surface area contributed by atoms with Crippen molar-refractivity contribution in [2.75, 3.05) is 5.75 Å². The highest BCUT2D eigenvalue weighted by atomic mass is 32.2. The number of rotatable bonds is 18. The molecule has 0 bridgehead atoms. The van der Waals surface area contributed by atoms with Crippen molar-refractivity contribution in [3.63, 3.8) is 0 Å². The predicted octanol–water partition coefficient (Wildman–Crippen LogP) is 6.33. The Kier molecular flexibility index (Phi) is 12.9. The maximum atomic E-state index is 10.6. The molecule has 0 spiro atoms. The minimum atomic E-state index is -0.760. The third-order valence-corrected chi connectivity index (χ3v) is 7.30. The normalized spacial score (nSPS) is 13.6. The summed E-state index contributed by atoms with van der Waals surface area (Å²) in [7, 11) is 0. The number of imidazole rings is 1. The van der Waals surface area contributed by atoms with Crippen molar-refractivity contribution in [2.45, 2.75) is 115 Å². The van der Waals surface area contributed by atoms with Gasteiger partial charge in [-0.05, 0) is 19.1 Å². The molecular formula is C24H43N5OS. The average molecular weight is 450 g/mol. The highest BCUT2D eigenvalue weighted by molar-refractivity contribution is 7.99. The van der Waals surface area contributed by atoms with Crippen molar-refractivity contribution >= 4 is 22.9 Å². The summed E-state index contributed by atoms with van der Waals surface area (Å²) in [6.07, 6.45) is 21.5. The summed E-state index contributed by atoms with van der Waals surface area (Å²) >= 11 is 1.77. The summed E-state index contributed by atoms with van der Waals surface area (Å²) in [5, 5.41) is 18.9. The minimum Gasteiger partial charge on any atom is -0.372 e. The number of H-pyrrole nitrogens is 1. The number of aliphatic hydroxyl groups is 1. The van der Waals surface area contributed by atoms with E-state index >= 15 is 0 Å². The fourth-order valence-corrected chi connectivity index (χ4v) is 4.99. The van der Waals surface area contributed by atoms with Gasteiger partial charge < -0.3 is 10.1 Å². The summed E-state index contributed by atoms with van der Waals surface area (Å²) in [6, 6.07) is 0. The van der Waals surface area contributed by atoms with Gasteiger partial charge in [0.15, 0.2) is 11.1 Å². The number of thioether (sulfide) groups is 1. The fourth-order valence-electron chi connectivity index (χ4n) is 3.94. The number of aromatic nitrogens is 4. The van der Waals surface area contributed by atoms with E-state index in [1.807, 2.05) is 6.92 Å². The van der Waals surface area contributed by atoms with Gasteiger partial charge in [-0.2, -0.15) is 11.8 Å². The number of nitrogens with zero attached hydrogens (tertiary/aromatic N) is 3. The highest BCUT2D eigenvalue weighted by Crippen LogP contribution is 2.22. The molecule has 3 N–H and O–H groups in total. The Bertz CT molecular complexity index is 775. The summed E-state index contributed by atoms with van der Waals surface area (Å²) in [5.41, 5.74) is 1.29. The van der Waals surface area contributed by atoms with Gasteiger partial charge in [0.25, 0.3) is 0 Å². The molecule has 2 rings (SSSR count). The van der Waals surface area contributed by atoms with Crippen LogP contribution in [0.3, 0.4) is 0 Å².